The highest BCUT2D eigenvalue weighted by Gasteiger charge is 2.29. The van der Waals surface area contributed by atoms with Crippen LogP contribution in [0.15, 0.2) is 54.6 Å². The number of hydrogen-bond donors (Lipinski definition) is 3. The van der Waals surface area contributed by atoms with Crippen LogP contribution in [0.2, 0.25) is 0 Å². The van der Waals surface area contributed by atoms with Crippen molar-refractivity contribution in [2.45, 2.75) is 32.1 Å². The lowest BCUT2D eigenvalue weighted by molar-refractivity contribution is -0.122. The van der Waals surface area contributed by atoms with Gasteiger partial charge in [-0.3, -0.25) is 14.4 Å². The molecule has 0 aliphatic heterocycles. The second kappa shape index (κ2) is 9.87. The van der Waals surface area contributed by atoms with E-state index in [0.717, 1.165) is 18.4 Å². The maximum Gasteiger partial charge on any atom is 0.251 e. The van der Waals surface area contributed by atoms with Crippen molar-refractivity contribution >= 4 is 23.4 Å². The highest BCUT2D eigenvalue weighted by atomic mass is 16.2. The van der Waals surface area contributed by atoms with Crippen LogP contribution in [0.1, 0.15) is 48.0 Å². The van der Waals surface area contributed by atoms with Gasteiger partial charge in [-0.15, -0.1) is 0 Å². The van der Waals surface area contributed by atoms with Crippen LogP contribution in [0.4, 0.5) is 5.69 Å². The fourth-order valence-corrected chi connectivity index (χ4v) is 3.14. The van der Waals surface area contributed by atoms with E-state index in [1.54, 1.807) is 24.3 Å². The van der Waals surface area contributed by atoms with Gasteiger partial charge in [-0.2, -0.15) is 0 Å². The smallest absolute Gasteiger partial charge is 0.251 e. The lowest BCUT2D eigenvalue weighted by atomic mass is 9.96. The van der Waals surface area contributed by atoms with E-state index in [1.165, 1.54) is 0 Å². The molecule has 1 fully saturated rings. The van der Waals surface area contributed by atoms with E-state index in [9.17, 15) is 14.4 Å². The molecule has 0 heterocycles. The highest BCUT2D eigenvalue weighted by molar-refractivity contribution is 5.96. The molecule has 6 nitrogen and oxygen atoms in total. The van der Waals surface area contributed by atoms with Crippen molar-refractivity contribution in [1.82, 2.24) is 10.6 Å². The maximum absolute atomic E-state index is 12.4. The van der Waals surface area contributed by atoms with Crippen LogP contribution in [-0.4, -0.2) is 30.8 Å². The average Bonchev–Trinajstić information content (AvgIpc) is 3.58. The van der Waals surface area contributed by atoms with Gasteiger partial charge >= 0.3 is 0 Å². The Bertz CT molecular complexity index is 845. The van der Waals surface area contributed by atoms with Gasteiger partial charge in [0.2, 0.25) is 11.8 Å². The molecule has 3 amide bonds. The number of rotatable bonds is 9. The van der Waals surface area contributed by atoms with Crippen LogP contribution in [0.5, 0.6) is 0 Å². The fraction of sp³-hybridized carbons (Fsp3) is 0.348. The summed E-state index contributed by atoms with van der Waals surface area (Å²) in [6, 6.07) is 16.5. The number of amides is 3. The molecule has 3 N–H and O–H groups in total. The van der Waals surface area contributed by atoms with Crippen LogP contribution in [0.3, 0.4) is 0 Å². The Morgan fingerprint density at radius 1 is 0.931 bits per heavy atom. The molecule has 3 rings (SSSR count). The quantitative estimate of drug-likeness (QED) is 0.572. The third-order valence-electron chi connectivity index (χ3n) is 5.00. The van der Waals surface area contributed by atoms with Crippen LogP contribution in [0, 0.1) is 5.92 Å². The minimum absolute atomic E-state index is 0.0382. The molecule has 0 radical (unpaired) electrons. The molecule has 29 heavy (non-hydrogen) atoms. The number of hydrogen-bond acceptors (Lipinski definition) is 3. The Hall–Kier alpha value is -3.15. The molecule has 0 saturated heterocycles. The molecule has 0 aromatic heterocycles. The molecule has 1 unspecified atom stereocenters. The molecule has 1 atom stereocenters. The van der Waals surface area contributed by atoms with Gasteiger partial charge in [0, 0.05) is 30.3 Å². The van der Waals surface area contributed by atoms with E-state index in [-0.39, 0.29) is 29.6 Å². The molecule has 152 valence electrons. The number of nitrogens with one attached hydrogen (secondary N) is 3. The topological polar surface area (TPSA) is 87.3 Å². The normalized spacial score (nSPS) is 14.0. The summed E-state index contributed by atoms with van der Waals surface area (Å²) in [5.74, 6) is -0.260. The lowest BCUT2D eigenvalue weighted by Gasteiger charge is -2.15. The van der Waals surface area contributed by atoms with Crippen molar-refractivity contribution in [3.63, 3.8) is 0 Å². The van der Waals surface area contributed by atoms with Gasteiger partial charge in [-0.25, -0.2) is 0 Å². The van der Waals surface area contributed by atoms with E-state index < -0.39 is 0 Å². The van der Waals surface area contributed by atoms with Gasteiger partial charge in [-0.05, 0) is 49.1 Å². The first kappa shape index (κ1) is 20.6. The zero-order chi connectivity index (χ0) is 20.6. The van der Waals surface area contributed by atoms with Crippen molar-refractivity contribution in [1.29, 1.82) is 0 Å². The average molecular weight is 393 g/mol. The summed E-state index contributed by atoms with van der Waals surface area (Å²) in [6.07, 6.45) is 2.62. The number of carbonyl (C=O) groups excluding carboxylic acids is 3. The molecule has 6 heteroatoms. The van der Waals surface area contributed by atoms with Crippen LogP contribution >= 0.6 is 0 Å². The van der Waals surface area contributed by atoms with Crippen molar-refractivity contribution in [3.05, 3.63) is 65.7 Å². The summed E-state index contributed by atoms with van der Waals surface area (Å²) >= 11 is 0. The first-order valence-corrected chi connectivity index (χ1v) is 10.1. The Morgan fingerprint density at radius 3 is 2.21 bits per heavy atom. The first-order valence-electron chi connectivity index (χ1n) is 10.1. The second-order valence-electron chi connectivity index (χ2n) is 7.26. The van der Waals surface area contributed by atoms with Crippen molar-refractivity contribution < 1.29 is 14.4 Å². The summed E-state index contributed by atoms with van der Waals surface area (Å²) in [4.78, 5) is 36.4. The third-order valence-corrected chi connectivity index (χ3v) is 5.00. The van der Waals surface area contributed by atoms with E-state index in [1.807, 2.05) is 37.3 Å². The van der Waals surface area contributed by atoms with Crippen LogP contribution in [-0.2, 0) is 9.59 Å². The van der Waals surface area contributed by atoms with Crippen molar-refractivity contribution in [3.8, 4) is 0 Å². The molecule has 1 saturated carbocycles. The predicted molar refractivity (Wildman–Crippen MR) is 113 cm³/mol. The SMILES string of the molecule is CCC(C(=O)NCCNC(=O)c1ccc(NC(=O)C2CC2)cc1)c1ccccc1. The van der Waals surface area contributed by atoms with Crippen LogP contribution < -0.4 is 16.0 Å². The Labute approximate surface area is 171 Å². The van der Waals surface area contributed by atoms with Gasteiger partial charge in [0.1, 0.15) is 0 Å². The van der Waals surface area contributed by atoms with Gasteiger partial charge in [-0.1, -0.05) is 37.3 Å². The zero-order valence-corrected chi connectivity index (χ0v) is 16.6. The summed E-state index contributed by atoms with van der Waals surface area (Å²) in [5.41, 5.74) is 2.19. The fourth-order valence-electron chi connectivity index (χ4n) is 3.14. The van der Waals surface area contributed by atoms with Crippen molar-refractivity contribution in [2.75, 3.05) is 18.4 Å². The molecular formula is C23H27N3O3. The van der Waals surface area contributed by atoms with E-state index in [2.05, 4.69) is 16.0 Å². The summed E-state index contributed by atoms with van der Waals surface area (Å²) in [5, 5.41) is 8.53. The van der Waals surface area contributed by atoms with E-state index in [4.69, 9.17) is 0 Å². The monoisotopic (exact) mass is 393 g/mol. The predicted octanol–water partition coefficient (Wildman–Crippen LogP) is 3.07. The summed E-state index contributed by atoms with van der Waals surface area (Å²) in [6.45, 7) is 2.69. The number of benzene rings is 2. The first-order chi connectivity index (χ1) is 14.1. The lowest BCUT2D eigenvalue weighted by Crippen LogP contribution is -2.36. The molecular weight excluding hydrogens is 366 g/mol. The van der Waals surface area contributed by atoms with Gasteiger partial charge < -0.3 is 16.0 Å². The molecule has 2 aromatic rings. The molecule has 1 aliphatic carbocycles. The van der Waals surface area contributed by atoms with E-state index in [0.29, 0.717) is 30.8 Å². The Kier molecular flexibility index (Phi) is 7.00. The number of anilines is 1. The zero-order valence-electron chi connectivity index (χ0n) is 16.6. The minimum atomic E-state index is -0.214. The molecule has 0 spiro atoms. The van der Waals surface area contributed by atoms with Gasteiger partial charge in [0.05, 0.1) is 5.92 Å². The van der Waals surface area contributed by atoms with Gasteiger partial charge in [0.25, 0.3) is 5.91 Å². The molecule has 1 aliphatic rings. The third kappa shape index (κ3) is 5.91. The maximum atomic E-state index is 12.4. The van der Waals surface area contributed by atoms with Gasteiger partial charge in [0.15, 0.2) is 0 Å². The minimum Gasteiger partial charge on any atom is -0.354 e. The summed E-state index contributed by atoms with van der Waals surface area (Å²) in [7, 11) is 0. The Morgan fingerprint density at radius 2 is 1.59 bits per heavy atom. The second-order valence-corrected chi connectivity index (χ2v) is 7.26. The summed E-state index contributed by atoms with van der Waals surface area (Å²) < 4.78 is 0. The van der Waals surface area contributed by atoms with E-state index >= 15 is 0 Å². The molecule has 0 bridgehead atoms. The van der Waals surface area contributed by atoms with Crippen LogP contribution in [0.25, 0.3) is 0 Å². The standard InChI is InChI=1S/C23H27N3O3/c1-2-20(16-6-4-3-5-7-16)23(29)25-15-14-24-21(27)17-10-12-19(13-11-17)26-22(28)18-8-9-18/h3-7,10-13,18,20H,2,8-9,14-15H2,1H3,(H,24,27)(H,25,29)(H,26,28). The Balaban J connectivity index is 1.41. The molecule has 2 aromatic carbocycles. The highest BCUT2D eigenvalue weighted by Crippen LogP contribution is 2.30. The number of carbonyl (C=O) groups is 3. The van der Waals surface area contributed by atoms with Crippen molar-refractivity contribution in [2.24, 2.45) is 5.92 Å². The largest absolute Gasteiger partial charge is 0.354 e.